The molecular formula is C20H15F6N3OS. The van der Waals surface area contributed by atoms with Crippen molar-refractivity contribution in [3.63, 3.8) is 0 Å². The van der Waals surface area contributed by atoms with E-state index in [1.54, 1.807) is 0 Å². The van der Waals surface area contributed by atoms with Gasteiger partial charge in [-0.25, -0.2) is 4.98 Å². The van der Waals surface area contributed by atoms with Crippen LogP contribution in [0, 0.1) is 12.8 Å². The highest BCUT2D eigenvalue weighted by atomic mass is 32.1. The molecule has 0 aliphatic carbocycles. The van der Waals surface area contributed by atoms with E-state index in [9.17, 15) is 31.1 Å². The number of nitrogens with one attached hydrogen (secondary N) is 1. The number of thiazole rings is 1. The molecule has 11 heteroatoms. The number of fused-ring (bicyclic) bond motifs is 1. The summed E-state index contributed by atoms with van der Waals surface area (Å²) in [6, 6.07) is 6.84. The van der Waals surface area contributed by atoms with Crippen molar-refractivity contribution in [3.8, 4) is 0 Å². The number of rotatable bonds is 3. The van der Waals surface area contributed by atoms with Crippen LogP contribution in [0.25, 0.3) is 10.2 Å². The summed E-state index contributed by atoms with van der Waals surface area (Å²) in [5.41, 5.74) is -1.58. The maximum absolute atomic E-state index is 13.0. The number of halogens is 6. The number of alkyl halides is 6. The largest absolute Gasteiger partial charge is 0.416 e. The Morgan fingerprint density at radius 2 is 1.65 bits per heavy atom. The topological polar surface area (TPSA) is 45.2 Å². The molecular weight excluding hydrogens is 444 g/mol. The zero-order chi connectivity index (χ0) is 22.6. The fourth-order valence-corrected chi connectivity index (χ4v) is 4.31. The fraction of sp³-hybridized carbons (Fsp3) is 0.300. The zero-order valence-corrected chi connectivity index (χ0v) is 16.8. The molecule has 0 spiro atoms. The summed E-state index contributed by atoms with van der Waals surface area (Å²) in [5.74, 6) is -1.21. The smallest absolute Gasteiger partial charge is 0.346 e. The minimum absolute atomic E-state index is 0.0234. The molecule has 3 aromatic rings. The molecule has 4 nitrogen and oxygen atoms in total. The Morgan fingerprint density at radius 1 is 1.03 bits per heavy atom. The predicted molar refractivity (Wildman–Crippen MR) is 105 cm³/mol. The molecule has 1 N–H and O–H groups in total. The SMILES string of the molecule is Cc1ccc2nc(N3CC(C(=O)Nc4cc(C(F)(F)F)cc(C(F)(F)F)c4)C3)sc2c1. The van der Waals surface area contributed by atoms with E-state index < -0.39 is 41.0 Å². The number of anilines is 2. The molecule has 31 heavy (non-hydrogen) atoms. The van der Waals surface area contributed by atoms with E-state index in [1.165, 1.54) is 11.3 Å². The van der Waals surface area contributed by atoms with Gasteiger partial charge in [-0.05, 0) is 42.8 Å². The molecule has 2 aromatic carbocycles. The van der Waals surface area contributed by atoms with Gasteiger partial charge in [0, 0.05) is 18.8 Å². The summed E-state index contributed by atoms with van der Waals surface area (Å²) in [5, 5.41) is 2.90. The van der Waals surface area contributed by atoms with Crippen LogP contribution in [0.2, 0.25) is 0 Å². The Morgan fingerprint density at radius 3 is 2.23 bits per heavy atom. The fourth-order valence-electron chi connectivity index (χ4n) is 3.23. The van der Waals surface area contributed by atoms with Crippen molar-refractivity contribution in [2.45, 2.75) is 19.3 Å². The first-order valence-corrected chi connectivity index (χ1v) is 9.94. The van der Waals surface area contributed by atoms with Crippen LogP contribution < -0.4 is 10.2 Å². The lowest BCUT2D eigenvalue weighted by atomic mass is 9.99. The van der Waals surface area contributed by atoms with Crippen LogP contribution in [0.4, 0.5) is 37.2 Å². The maximum atomic E-state index is 13.0. The molecule has 0 bridgehead atoms. The standard InChI is InChI=1S/C20H15F6N3OS/c1-10-2-3-15-16(4-10)31-18(28-15)29-8-11(9-29)17(30)27-14-6-12(19(21,22)23)5-13(7-14)20(24,25)26/h2-7,11H,8-9H2,1H3,(H,27,30). The molecule has 1 amide bonds. The quantitative estimate of drug-likeness (QED) is 0.510. The van der Waals surface area contributed by atoms with Gasteiger partial charge in [-0.3, -0.25) is 4.79 Å². The molecule has 1 aromatic heterocycles. The van der Waals surface area contributed by atoms with Gasteiger partial charge in [0.05, 0.1) is 27.3 Å². The number of aromatic nitrogens is 1. The van der Waals surface area contributed by atoms with Crippen molar-refractivity contribution in [1.82, 2.24) is 4.98 Å². The van der Waals surface area contributed by atoms with Gasteiger partial charge in [-0.1, -0.05) is 17.4 Å². The highest BCUT2D eigenvalue weighted by Gasteiger charge is 2.38. The van der Waals surface area contributed by atoms with Crippen LogP contribution in [0.15, 0.2) is 36.4 Å². The number of aryl methyl sites for hydroxylation is 1. The van der Waals surface area contributed by atoms with Crippen molar-refractivity contribution in [2.75, 3.05) is 23.3 Å². The van der Waals surface area contributed by atoms with Crippen LogP contribution in [-0.4, -0.2) is 24.0 Å². The molecule has 0 saturated carbocycles. The molecule has 4 rings (SSSR count). The van der Waals surface area contributed by atoms with Crippen molar-refractivity contribution >= 4 is 38.3 Å². The van der Waals surface area contributed by atoms with Crippen LogP contribution in [0.5, 0.6) is 0 Å². The minimum atomic E-state index is -4.97. The second-order valence-corrected chi connectivity index (χ2v) is 8.36. The number of carbonyl (C=O) groups is 1. The van der Waals surface area contributed by atoms with Crippen LogP contribution in [-0.2, 0) is 17.1 Å². The molecule has 1 fully saturated rings. The maximum Gasteiger partial charge on any atom is 0.416 e. The van der Waals surface area contributed by atoms with Gasteiger partial charge in [-0.2, -0.15) is 26.3 Å². The molecule has 2 heterocycles. The Labute approximate surface area is 176 Å². The molecule has 164 valence electrons. The summed E-state index contributed by atoms with van der Waals surface area (Å²) in [6.07, 6.45) is -9.95. The van der Waals surface area contributed by atoms with Gasteiger partial charge in [0.25, 0.3) is 0 Å². The first-order chi connectivity index (χ1) is 14.4. The first-order valence-electron chi connectivity index (χ1n) is 9.12. The second-order valence-electron chi connectivity index (χ2n) is 7.35. The summed E-state index contributed by atoms with van der Waals surface area (Å²) < 4.78 is 78.8. The van der Waals surface area contributed by atoms with Gasteiger partial charge in [0.1, 0.15) is 0 Å². The van der Waals surface area contributed by atoms with Crippen LogP contribution >= 0.6 is 11.3 Å². The van der Waals surface area contributed by atoms with Gasteiger partial charge in [-0.15, -0.1) is 0 Å². The van der Waals surface area contributed by atoms with Gasteiger partial charge >= 0.3 is 12.4 Å². The molecule has 0 atom stereocenters. The van der Waals surface area contributed by atoms with E-state index in [1.807, 2.05) is 30.0 Å². The highest BCUT2D eigenvalue weighted by Crippen LogP contribution is 2.38. The molecule has 1 aliphatic rings. The molecule has 1 saturated heterocycles. The number of benzene rings is 2. The number of amides is 1. The van der Waals surface area contributed by atoms with E-state index in [4.69, 9.17) is 0 Å². The highest BCUT2D eigenvalue weighted by molar-refractivity contribution is 7.22. The Kier molecular flexibility index (Phi) is 5.11. The third-order valence-corrected chi connectivity index (χ3v) is 5.99. The summed E-state index contributed by atoms with van der Waals surface area (Å²) in [4.78, 5) is 18.7. The van der Waals surface area contributed by atoms with E-state index in [0.717, 1.165) is 15.8 Å². The number of nitrogens with zero attached hydrogens (tertiary/aromatic N) is 2. The van der Waals surface area contributed by atoms with Gasteiger partial charge in [0.15, 0.2) is 5.13 Å². The molecule has 0 unspecified atom stereocenters. The van der Waals surface area contributed by atoms with Gasteiger partial charge < -0.3 is 10.2 Å². The van der Waals surface area contributed by atoms with E-state index in [2.05, 4.69) is 10.3 Å². The van der Waals surface area contributed by atoms with Crippen molar-refractivity contribution in [3.05, 3.63) is 53.1 Å². The average Bonchev–Trinajstić information content (AvgIpc) is 3.01. The third kappa shape index (κ3) is 4.46. The average molecular weight is 459 g/mol. The monoisotopic (exact) mass is 459 g/mol. The first kappa shape index (κ1) is 21.4. The van der Waals surface area contributed by atoms with Crippen molar-refractivity contribution in [1.29, 1.82) is 0 Å². The number of hydrogen-bond donors (Lipinski definition) is 1. The van der Waals surface area contributed by atoms with Crippen molar-refractivity contribution < 1.29 is 31.1 Å². The summed E-state index contributed by atoms with van der Waals surface area (Å²) in [7, 11) is 0. The predicted octanol–water partition coefficient (Wildman–Crippen LogP) is 5.72. The lowest BCUT2D eigenvalue weighted by molar-refractivity contribution is -0.143. The third-order valence-electron chi connectivity index (χ3n) is 4.91. The van der Waals surface area contributed by atoms with Crippen LogP contribution in [0.3, 0.4) is 0 Å². The van der Waals surface area contributed by atoms with E-state index in [-0.39, 0.29) is 19.2 Å². The number of carbonyl (C=O) groups excluding carboxylic acids is 1. The minimum Gasteiger partial charge on any atom is -0.346 e. The molecule has 1 aliphatic heterocycles. The zero-order valence-electron chi connectivity index (χ0n) is 15.9. The summed E-state index contributed by atoms with van der Waals surface area (Å²) >= 11 is 1.46. The van der Waals surface area contributed by atoms with Gasteiger partial charge in [0.2, 0.25) is 5.91 Å². The summed E-state index contributed by atoms with van der Waals surface area (Å²) in [6.45, 7) is 2.51. The lowest BCUT2D eigenvalue weighted by Crippen LogP contribution is -2.52. The lowest BCUT2D eigenvalue weighted by Gasteiger charge is -2.38. The van der Waals surface area contributed by atoms with Crippen molar-refractivity contribution in [2.24, 2.45) is 5.92 Å². The molecule has 0 radical (unpaired) electrons. The number of hydrogen-bond acceptors (Lipinski definition) is 4. The van der Waals surface area contributed by atoms with Crippen LogP contribution in [0.1, 0.15) is 16.7 Å². The Hall–Kier alpha value is -2.82. The second kappa shape index (κ2) is 7.40. The Balaban J connectivity index is 1.46. The van der Waals surface area contributed by atoms with E-state index >= 15 is 0 Å². The Bertz CT molecular complexity index is 1120. The normalized spacial score (nSPS) is 15.3. The van der Waals surface area contributed by atoms with E-state index in [0.29, 0.717) is 17.3 Å².